The molecule has 0 bridgehead atoms. The summed E-state index contributed by atoms with van der Waals surface area (Å²) in [7, 11) is 1.63. The van der Waals surface area contributed by atoms with E-state index in [1.165, 1.54) is 0 Å². The molecule has 2 aromatic rings. The second-order valence-electron chi connectivity index (χ2n) is 5.76. The van der Waals surface area contributed by atoms with Gasteiger partial charge >= 0.3 is 0 Å². The Morgan fingerprint density at radius 1 is 1.12 bits per heavy atom. The van der Waals surface area contributed by atoms with Crippen molar-refractivity contribution >= 4 is 21.8 Å². The van der Waals surface area contributed by atoms with Gasteiger partial charge in [0.05, 0.1) is 17.6 Å². The van der Waals surface area contributed by atoms with E-state index in [0.717, 1.165) is 26.9 Å². The van der Waals surface area contributed by atoms with Crippen molar-refractivity contribution in [2.24, 2.45) is 0 Å². The predicted molar refractivity (Wildman–Crippen MR) is 98.7 cm³/mol. The van der Waals surface area contributed by atoms with Crippen LogP contribution in [0.2, 0.25) is 0 Å². The first-order valence-electron chi connectivity index (χ1n) is 7.73. The van der Waals surface area contributed by atoms with Crippen LogP contribution in [0, 0.1) is 13.8 Å². The Kier molecular flexibility index (Phi) is 6.26. The van der Waals surface area contributed by atoms with E-state index in [-0.39, 0.29) is 18.6 Å². The quantitative estimate of drug-likeness (QED) is 0.796. The second kappa shape index (κ2) is 8.20. The molecule has 0 saturated heterocycles. The molecule has 0 radical (unpaired) electrons. The standard InChI is InChI=1S/C19H22BrNO3/c1-12-5-7-17(23-4)15(9-12)14(3)21-19(22)11-24-18-8-6-13(2)10-16(18)20/h5-10,14H,11H2,1-4H3,(H,21,22)/t14-/m1/s1. The zero-order valence-corrected chi connectivity index (χ0v) is 15.9. The number of hydrogen-bond donors (Lipinski definition) is 1. The maximum Gasteiger partial charge on any atom is 0.258 e. The van der Waals surface area contributed by atoms with Crippen LogP contribution in [-0.2, 0) is 4.79 Å². The van der Waals surface area contributed by atoms with Gasteiger partial charge in [0, 0.05) is 5.56 Å². The van der Waals surface area contributed by atoms with E-state index < -0.39 is 0 Å². The first-order chi connectivity index (χ1) is 11.4. The van der Waals surface area contributed by atoms with Crippen LogP contribution in [-0.4, -0.2) is 19.6 Å². The van der Waals surface area contributed by atoms with Gasteiger partial charge in [0.15, 0.2) is 6.61 Å². The molecule has 0 fully saturated rings. The Labute approximate surface area is 151 Å². The number of nitrogens with one attached hydrogen (secondary N) is 1. The van der Waals surface area contributed by atoms with Gasteiger partial charge in [0.25, 0.3) is 5.91 Å². The van der Waals surface area contributed by atoms with Crippen molar-refractivity contribution < 1.29 is 14.3 Å². The van der Waals surface area contributed by atoms with Crippen molar-refractivity contribution in [3.63, 3.8) is 0 Å². The third-order valence-electron chi connectivity index (χ3n) is 3.68. The number of rotatable bonds is 6. The first kappa shape index (κ1) is 18.3. The molecule has 5 heteroatoms. The Morgan fingerprint density at radius 3 is 2.38 bits per heavy atom. The lowest BCUT2D eigenvalue weighted by molar-refractivity contribution is -0.123. The van der Waals surface area contributed by atoms with E-state index in [9.17, 15) is 4.79 Å². The molecule has 128 valence electrons. The number of carbonyl (C=O) groups is 1. The zero-order valence-electron chi connectivity index (χ0n) is 14.4. The Balaban J connectivity index is 1.98. The van der Waals surface area contributed by atoms with Gasteiger partial charge in [-0.2, -0.15) is 0 Å². The molecule has 2 aromatic carbocycles. The number of methoxy groups -OCH3 is 1. The van der Waals surface area contributed by atoms with Crippen LogP contribution < -0.4 is 14.8 Å². The molecule has 24 heavy (non-hydrogen) atoms. The van der Waals surface area contributed by atoms with Gasteiger partial charge in [0.2, 0.25) is 0 Å². The van der Waals surface area contributed by atoms with Crippen LogP contribution in [0.15, 0.2) is 40.9 Å². The molecule has 0 aliphatic heterocycles. The smallest absolute Gasteiger partial charge is 0.258 e. The predicted octanol–water partition coefficient (Wildman–Crippen LogP) is 4.33. The molecule has 2 rings (SSSR count). The number of benzene rings is 2. The summed E-state index contributed by atoms with van der Waals surface area (Å²) in [5.74, 6) is 1.23. The molecule has 4 nitrogen and oxygen atoms in total. The lowest BCUT2D eigenvalue weighted by Crippen LogP contribution is -2.31. The Bertz CT molecular complexity index is 731. The highest BCUT2D eigenvalue weighted by Gasteiger charge is 2.15. The molecular formula is C19H22BrNO3. The van der Waals surface area contributed by atoms with E-state index in [4.69, 9.17) is 9.47 Å². The highest BCUT2D eigenvalue weighted by molar-refractivity contribution is 9.10. The number of halogens is 1. The molecule has 0 aliphatic rings. The lowest BCUT2D eigenvalue weighted by atomic mass is 10.0. The van der Waals surface area contributed by atoms with Gasteiger partial charge < -0.3 is 14.8 Å². The molecule has 1 N–H and O–H groups in total. The maximum atomic E-state index is 12.2. The van der Waals surface area contributed by atoms with E-state index in [1.807, 2.05) is 57.2 Å². The summed E-state index contributed by atoms with van der Waals surface area (Å²) in [5, 5.41) is 2.94. The molecule has 1 atom stereocenters. The molecular weight excluding hydrogens is 370 g/mol. The van der Waals surface area contributed by atoms with Crippen LogP contribution in [0.5, 0.6) is 11.5 Å². The molecule has 0 saturated carbocycles. The van der Waals surface area contributed by atoms with Gasteiger partial charge in [-0.15, -0.1) is 0 Å². The maximum absolute atomic E-state index is 12.2. The van der Waals surface area contributed by atoms with E-state index in [0.29, 0.717) is 5.75 Å². The third kappa shape index (κ3) is 4.74. The van der Waals surface area contributed by atoms with Crippen molar-refractivity contribution in [2.45, 2.75) is 26.8 Å². The van der Waals surface area contributed by atoms with Gasteiger partial charge in [-0.25, -0.2) is 0 Å². The molecule has 0 spiro atoms. The van der Waals surface area contributed by atoms with E-state index in [1.54, 1.807) is 7.11 Å². The minimum Gasteiger partial charge on any atom is -0.496 e. The fourth-order valence-corrected chi connectivity index (χ4v) is 3.03. The average Bonchev–Trinajstić information content (AvgIpc) is 2.54. The van der Waals surface area contributed by atoms with Crippen molar-refractivity contribution in [3.05, 3.63) is 57.6 Å². The fourth-order valence-electron chi connectivity index (χ4n) is 2.42. The van der Waals surface area contributed by atoms with Gasteiger partial charge in [-0.05, 0) is 60.5 Å². The Morgan fingerprint density at radius 2 is 1.75 bits per heavy atom. The van der Waals surface area contributed by atoms with Gasteiger partial charge in [0.1, 0.15) is 11.5 Å². The number of aryl methyl sites for hydroxylation is 2. The highest BCUT2D eigenvalue weighted by Crippen LogP contribution is 2.27. The number of carbonyl (C=O) groups excluding carboxylic acids is 1. The van der Waals surface area contributed by atoms with E-state index in [2.05, 4.69) is 21.2 Å². The molecule has 0 aromatic heterocycles. The Hall–Kier alpha value is -2.01. The van der Waals surface area contributed by atoms with Crippen LogP contribution in [0.1, 0.15) is 29.7 Å². The molecule has 0 heterocycles. The fraction of sp³-hybridized carbons (Fsp3) is 0.316. The van der Waals surface area contributed by atoms with Crippen LogP contribution in [0.3, 0.4) is 0 Å². The second-order valence-corrected chi connectivity index (χ2v) is 6.61. The van der Waals surface area contributed by atoms with Crippen molar-refractivity contribution in [1.82, 2.24) is 5.32 Å². The van der Waals surface area contributed by atoms with Crippen LogP contribution in [0.4, 0.5) is 0 Å². The van der Waals surface area contributed by atoms with Crippen LogP contribution in [0.25, 0.3) is 0 Å². The number of ether oxygens (including phenoxy) is 2. The summed E-state index contributed by atoms with van der Waals surface area (Å²) >= 11 is 3.44. The summed E-state index contributed by atoms with van der Waals surface area (Å²) in [6, 6.07) is 11.5. The lowest BCUT2D eigenvalue weighted by Gasteiger charge is -2.18. The summed E-state index contributed by atoms with van der Waals surface area (Å²) in [4.78, 5) is 12.2. The summed E-state index contributed by atoms with van der Waals surface area (Å²) in [6.07, 6.45) is 0. The molecule has 0 unspecified atom stereocenters. The minimum absolute atomic E-state index is 0.0415. The van der Waals surface area contributed by atoms with Crippen molar-refractivity contribution in [1.29, 1.82) is 0 Å². The number of amides is 1. The average molecular weight is 392 g/mol. The van der Waals surface area contributed by atoms with E-state index >= 15 is 0 Å². The third-order valence-corrected chi connectivity index (χ3v) is 4.30. The van der Waals surface area contributed by atoms with Crippen LogP contribution >= 0.6 is 15.9 Å². The molecule has 0 aliphatic carbocycles. The largest absolute Gasteiger partial charge is 0.496 e. The van der Waals surface area contributed by atoms with Crippen molar-refractivity contribution in [2.75, 3.05) is 13.7 Å². The highest BCUT2D eigenvalue weighted by atomic mass is 79.9. The molecule has 1 amide bonds. The summed E-state index contributed by atoms with van der Waals surface area (Å²) < 4.78 is 11.8. The SMILES string of the molecule is COc1ccc(C)cc1[C@@H](C)NC(=O)COc1ccc(C)cc1Br. The van der Waals surface area contributed by atoms with Gasteiger partial charge in [-0.1, -0.05) is 23.8 Å². The number of hydrogen-bond acceptors (Lipinski definition) is 3. The topological polar surface area (TPSA) is 47.6 Å². The zero-order chi connectivity index (χ0) is 17.7. The van der Waals surface area contributed by atoms with Gasteiger partial charge in [-0.3, -0.25) is 4.79 Å². The monoisotopic (exact) mass is 391 g/mol. The van der Waals surface area contributed by atoms with Crippen molar-refractivity contribution in [3.8, 4) is 11.5 Å². The normalized spacial score (nSPS) is 11.7. The minimum atomic E-state index is -0.182. The first-order valence-corrected chi connectivity index (χ1v) is 8.53. The summed E-state index contributed by atoms with van der Waals surface area (Å²) in [6.45, 7) is 5.89. The summed E-state index contributed by atoms with van der Waals surface area (Å²) in [5.41, 5.74) is 3.19.